The Bertz CT molecular complexity index is 4220. The van der Waals surface area contributed by atoms with Gasteiger partial charge in [-0.25, -0.2) is 0 Å². The van der Waals surface area contributed by atoms with Crippen molar-refractivity contribution in [1.82, 2.24) is 9.13 Å². The lowest BCUT2D eigenvalue weighted by Crippen LogP contribution is -2.74. The average molecular weight is 971 g/mol. The third kappa shape index (κ3) is 7.23. The molecule has 0 radical (unpaired) electrons. The van der Waals surface area contributed by atoms with Crippen LogP contribution in [-0.2, 0) is 0 Å². The van der Waals surface area contributed by atoms with Crippen molar-refractivity contribution in [1.29, 1.82) is 0 Å². The summed E-state index contributed by atoms with van der Waals surface area (Å²) in [7, 11) is -2.99. The molecule has 75 heavy (non-hydrogen) atoms. The van der Waals surface area contributed by atoms with E-state index in [4.69, 9.17) is 0 Å². The largest absolute Gasteiger partial charge is 0.309 e. The molecule has 0 bridgehead atoms. The summed E-state index contributed by atoms with van der Waals surface area (Å²) >= 11 is 0. The van der Waals surface area contributed by atoms with Crippen LogP contribution in [0.1, 0.15) is 0 Å². The smallest absolute Gasteiger partial charge is 0.179 e. The standard InChI is InChI=1S/C72H50N2Si/c1-7-26-51(27-8-1)59-38-19-20-39-60(59)63-42-25-43-64-61-40-21-23-44-68(61)73(71(63)64)54-46-47-70-67(48-54)62-41-22-24-45-69(62)74(70)72-65(52-28-9-2-10-29-52)49-58(50-66(72)53-30-11-3-12-31-53)75(55-32-13-4-14-33-55,56-34-15-5-16-35-56)57-36-17-6-18-37-57/h1-50H. The fourth-order valence-corrected chi connectivity index (χ4v) is 17.1. The Morgan fingerprint density at radius 1 is 0.227 bits per heavy atom. The zero-order valence-corrected chi connectivity index (χ0v) is 42.3. The molecule has 3 heteroatoms. The first-order valence-electron chi connectivity index (χ1n) is 25.9. The van der Waals surface area contributed by atoms with Crippen LogP contribution in [0.15, 0.2) is 303 Å². The van der Waals surface area contributed by atoms with Crippen molar-refractivity contribution in [3.8, 4) is 55.9 Å². The van der Waals surface area contributed by atoms with E-state index in [2.05, 4.69) is 312 Å². The molecule has 14 rings (SSSR count). The van der Waals surface area contributed by atoms with Crippen molar-refractivity contribution in [2.75, 3.05) is 0 Å². The molecule has 2 heterocycles. The summed E-state index contributed by atoms with van der Waals surface area (Å²) in [6.45, 7) is 0. The van der Waals surface area contributed by atoms with E-state index in [0.717, 1.165) is 22.4 Å². The molecule has 0 saturated carbocycles. The van der Waals surface area contributed by atoms with Crippen molar-refractivity contribution in [2.45, 2.75) is 0 Å². The number of aromatic nitrogens is 2. The van der Waals surface area contributed by atoms with Crippen LogP contribution in [0, 0.1) is 0 Å². The quantitative estimate of drug-likeness (QED) is 0.0955. The summed E-state index contributed by atoms with van der Waals surface area (Å²) in [5.41, 5.74) is 16.5. The first kappa shape index (κ1) is 44.2. The van der Waals surface area contributed by atoms with Crippen LogP contribution in [0.4, 0.5) is 0 Å². The van der Waals surface area contributed by atoms with Gasteiger partial charge in [0.25, 0.3) is 0 Å². The number of para-hydroxylation sites is 3. The van der Waals surface area contributed by atoms with Crippen LogP contribution in [0.2, 0.25) is 0 Å². The highest BCUT2D eigenvalue weighted by Crippen LogP contribution is 2.45. The van der Waals surface area contributed by atoms with Crippen LogP contribution in [0.25, 0.3) is 99.5 Å². The molecule has 12 aromatic carbocycles. The minimum absolute atomic E-state index is 1.12. The van der Waals surface area contributed by atoms with Gasteiger partial charge in [0.15, 0.2) is 8.07 Å². The summed E-state index contributed by atoms with van der Waals surface area (Å²) in [5.74, 6) is 0. The molecule has 0 atom stereocenters. The van der Waals surface area contributed by atoms with Gasteiger partial charge in [-0.3, -0.25) is 0 Å². The van der Waals surface area contributed by atoms with Gasteiger partial charge in [0, 0.05) is 43.9 Å². The van der Waals surface area contributed by atoms with Gasteiger partial charge < -0.3 is 9.13 Å². The minimum Gasteiger partial charge on any atom is -0.309 e. The summed E-state index contributed by atoms with van der Waals surface area (Å²) in [6.07, 6.45) is 0. The topological polar surface area (TPSA) is 9.86 Å². The molecule has 2 nitrogen and oxygen atoms in total. The summed E-state index contributed by atoms with van der Waals surface area (Å²) in [5, 5.41) is 10.2. The van der Waals surface area contributed by atoms with Crippen molar-refractivity contribution >= 4 is 72.4 Å². The van der Waals surface area contributed by atoms with Crippen molar-refractivity contribution in [3.63, 3.8) is 0 Å². The van der Waals surface area contributed by atoms with Gasteiger partial charge >= 0.3 is 0 Å². The van der Waals surface area contributed by atoms with Gasteiger partial charge in [-0.15, -0.1) is 0 Å². The van der Waals surface area contributed by atoms with E-state index in [-0.39, 0.29) is 0 Å². The fourth-order valence-electron chi connectivity index (χ4n) is 12.3. The van der Waals surface area contributed by atoms with Crippen molar-refractivity contribution in [3.05, 3.63) is 303 Å². The van der Waals surface area contributed by atoms with E-state index in [1.165, 1.54) is 97.8 Å². The Morgan fingerprint density at radius 3 is 1.15 bits per heavy atom. The van der Waals surface area contributed by atoms with Crippen LogP contribution < -0.4 is 20.7 Å². The first-order valence-corrected chi connectivity index (χ1v) is 27.9. The second-order valence-electron chi connectivity index (χ2n) is 19.5. The molecule has 2 aromatic heterocycles. The number of hydrogen-bond donors (Lipinski definition) is 0. The monoisotopic (exact) mass is 970 g/mol. The molecular formula is C72H50N2Si. The number of nitrogens with zero attached hydrogens (tertiary/aromatic N) is 2. The van der Waals surface area contributed by atoms with Gasteiger partial charge in [-0.05, 0) is 78.9 Å². The predicted octanol–water partition coefficient (Wildman–Crippen LogP) is 15.9. The molecule has 0 amide bonds. The second kappa shape index (κ2) is 18.5. The summed E-state index contributed by atoms with van der Waals surface area (Å²) in [6, 6.07) is 113. The third-order valence-electron chi connectivity index (χ3n) is 15.5. The van der Waals surface area contributed by atoms with E-state index in [1.54, 1.807) is 0 Å². The van der Waals surface area contributed by atoms with E-state index >= 15 is 0 Å². The van der Waals surface area contributed by atoms with Gasteiger partial charge in [-0.1, -0.05) is 273 Å². The Hall–Kier alpha value is -9.54. The Balaban J connectivity index is 1.08. The molecular weight excluding hydrogens is 921 g/mol. The van der Waals surface area contributed by atoms with E-state index in [1.807, 2.05) is 0 Å². The summed E-state index contributed by atoms with van der Waals surface area (Å²) in [4.78, 5) is 0. The third-order valence-corrected chi connectivity index (χ3v) is 20.2. The Morgan fingerprint density at radius 2 is 0.613 bits per heavy atom. The van der Waals surface area contributed by atoms with Crippen LogP contribution in [0.5, 0.6) is 0 Å². The summed E-state index contributed by atoms with van der Waals surface area (Å²) < 4.78 is 5.07. The van der Waals surface area contributed by atoms with Gasteiger partial charge in [0.2, 0.25) is 0 Å². The normalized spacial score (nSPS) is 11.7. The van der Waals surface area contributed by atoms with Gasteiger partial charge in [-0.2, -0.15) is 0 Å². The second-order valence-corrected chi connectivity index (χ2v) is 23.3. The number of rotatable bonds is 10. The average Bonchev–Trinajstić information content (AvgIpc) is 4.05. The molecule has 352 valence electrons. The van der Waals surface area contributed by atoms with E-state index in [0.29, 0.717) is 0 Å². The van der Waals surface area contributed by atoms with Crippen LogP contribution in [-0.4, -0.2) is 17.2 Å². The first-order chi connectivity index (χ1) is 37.3. The number of hydrogen-bond acceptors (Lipinski definition) is 0. The van der Waals surface area contributed by atoms with Crippen LogP contribution >= 0.6 is 0 Å². The van der Waals surface area contributed by atoms with Crippen molar-refractivity contribution in [2.24, 2.45) is 0 Å². The molecule has 0 aliphatic heterocycles. The SMILES string of the molecule is c1ccc(-c2ccccc2-c2cccc3c4ccccc4n(-c4ccc5c(c4)c4ccccc4n5-c4c(-c5ccccc5)cc([Si](c5ccccc5)(c5ccccc5)c5ccccc5)cc4-c4ccccc4)c23)cc1. The molecule has 14 aromatic rings. The lowest BCUT2D eigenvalue weighted by atomic mass is 9.93. The molecule has 0 saturated heterocycles. The number of fused-ring (bicyclic) bond motifs is 6. The highest BCUT2D eigenvalue weighted by atomic mass is 28.3. The van der Waals surface area contributed by atoms with Gasteiger partial charge in [0.1, 0.15) is 0 Å². The maximum Gasteiger partial charge on any atom is 0.179 e. The molecule has 0 N–H and O–H groups in total. The van der Waals surface area contributed by atoms with Gasteiger partial charge in [0.05, 0.1) is 27.8 Å². The minimum atomic E-state index is -2.99. The molecule has 0 unspecified atom stereocenters. The highest BCUT2D eigenvalue weighted by Gasteiger charge is 2.42. The van der Waals surface area contributed by atoms with E-state index in [9.17, 15) is 0 Å². The number of benzene rings is 12. The Kier molecular flexibility index (Phi) is 10.9. The Labute approximate surface area is 438 Å². The predicted molar refractivity (Wildman–Crippen MR) is 320 cm³/mol. The molecule has 0 spiro atoms. The molecule has 0 aliphatic carbocycles. The van der Waals surface area contributed by atoms with Crippen LogP contribution in [0.3, 0.4) is 0 Å². The lowest BCUT2D eigenvalue weighted by molar-refractivity contribution is 1.17. The lowest BCUT2D eigenvalue weighted by Gasteiger charge is -2.36. The molecule has 0 fully saturated rings. The fraction of sp³-hybridized carbons (Fsp3) is 0. The maximum absolute atomic E-state index is 2.99. The molecule has 0 aliphatic rings. The van der Waals surface area contributed by atoms with E-state index < -0.39 is 8.07 Å². The maximum atomic E-state index is 2.56. The zero-order chi connectivity index (χ0) is 49.7. The van der Waals surface area contributed by atoms with Crippen molar-refractivity contribution < 1.29 is 0 Å². The highest BCUT2D eigenvalue weighted by molar-refractivity contribution is 7.20. The zero-order valence-electron chi connectivity index (χ0n) is 41.3.